The van der Waals surface area contributed by atoms with Crippen molar-refractivity contribution in [2.75, 3.05) is 12.3 Å². The minimum absolute atomic E-state index is 0.0611. The second kappa shape index (κ2) is 2.76. The van der Waals surface area contributed by atoms with E-state index >= 15 is 0 Å². The van der Waals surface area contributed by atoms with Crippen LogP contribution in [0.2, 0.25) is 0 Å². The number of aromatic nitrogens is 2. The van der Waals surface area contributed by atoms with Crippen LogP contribution in [0.4, 0.5) is 5.82 Å². The molecule has 0 radical (unpaired) electrons. The smallest absolute Gasteiger partial charge is 0.127 e. The number of ether oxygens (including phenoxy) is 1. The van der Waals surface area contributed by atoms with Crippen LogP contribution < -0.4 is 5.73 Å². The summed E-state index contributed by atoms with van der Waals surface area (Å²) in [5.41, 5.74) is 7.63. The van der Waals surface area contributed by atoms with Gasteiger partial charge in [-0.15, -0.1) is 0 Å². The molecule has 5 nitrogen and oxygen atoms in total. The first-order valence-corrected chi connectivity index (χ1v) is 3.85. The molecule has 66 valence electrons. The fourth-order valence-corrected chi connectivity index (χ4v) is 1.35. The Bertz CT molecular complexity index is 295. The van der Waals surface area contributed by atoms with Gasteiger partial charge in [0, 0.05) is 5.56 Å². The third-order valence-corrected chi connectivity index (χ3v) is 1.97. The predicted molar refractivity (Wildman–Crippen MR) is 42.2 cm³/mol. The van der Waals surface area contributed by atoms with Crippen molar-refractivity contribution < 1.29 is 9.84 Å². The fourth-order valence-electron chi connectivity index (χ4n) is 1.35. The van der Waals surface area contributed by atoms with Crippen LogP contribution in [0.1, 0.15) is 11.3 Å². The van der Waals surface area contributed by atoms with Crippen LogP contribution in [0.3, 0.4) is 0 Å². The first-order chi connectivity index (χ1) is 5.83. The van der Waals surface area contributed by atoms with Crippen molar-refractivity contribution in [1.82, 2.24) is 9.78 Å². The number of nitrogen functional groups attached to an aromatic ring is 1. The van der Waals surface area contributed by atoms with Crippen LogP contribution >= 0.6 is 0 Å². The molecule has 0 fully saturated rings. The highest BCUT2D eigenvalue weighted by molar-refractivity contribution is 5.44. The van der Waals surface area contributed by atoms with Crippen LogP contribution in [0.25, 0.3) is 0 Å². The molecule has 0 aliphatic carbocycles. The highest BCUT2D eigenvalue weighted by atomic mass is 16.5. The van der Waals surface area contributed by atoms with Crippen molar-refractivity contribution in [1.29, 1.82) is 0 Å². The number of hydrogen-bond donors (Lipinski definition) is 2. The van der Waals surface area contributed by atoms with E-state index in [4.69, 9.17) is 15.6 Å². The van der Waals surface area contributed by atoms with Crippen LogP contribution in [-0.4, -0.2) is 21.5 Å². The molecule has 0 saturated carbocycles. The van der Waals surface area contributed by atoms with Crippen LogP contribution in [0.15, 0.2) is 0 Å². The Morgan fingerprint density at radius 1 is 1.58 bits per heavy atom. The number of nitrogens with two attached hydrogens (primary N) is 1. The lowest BCUT2D eigenvalue weighted by molar-refractivity contribution is 0.130. The molecule has 1 aliphatic rings. The molecule has 0 aromatic carbocycles. The Kier molecular flexibility index (Phi) is 1.74. The van der Waals surface area contributed by atoms with Gasteiger partial charge in [0.1, 0.15) is 5.82 Å². The van der Waals surface area contributed by atoms with E-state index in [0.717, 1.165) is 11.3 Å². The SMILES string of the molecule is Nc1c2c(nn1CCO)COC2. The number of hydrogen-bond acceptors (Lipinski definition) is 4. The Morgan fingerprint density at radius 2 is 2.42 bits per heavy atom. The third-order valence-electron chi connectivity index (χ3n) is 1.97. The zero-order chi connectivity index (χ0) is 8.55. The number of anilines is 1. The summed E-state index contributed by atoms with van der Waals surface area (Å²) in [5, 5.41) is 12.9. The summed E-state index contributed by atoms with van der Waals surface area (Å²) in [5.74, 6) is 0.622. The zero-order valence-corrected chi connectivity index (χ0v) is 6.66. The third kappa shape index (κ3) is 0.981. The predicted octanol–water partition coefficient (Wildman–Crippen LogP) is -0.512. The van der Waals surface area contributed by atoms with Gasteiger partial charge in [-0.2, -0.15) is 5.10 Å². The largest absolute Gasteiger partial charge is 0.394 e. The minimum atomic E-state index is 0.0611. The molecule has 0 unspecified atom stereocenters. The second-order valence-electron chi connectivity index (χ2n) is 2.75. The summed E-state index contributed by atoms with van der Waals surface area (Å²) in [6, 6.07) is 0. The molecular weight excluding hydrogens is 158 g/mol. The first-order valence-electron chi connectivity index (χ1n) is 3.85. The standard InChI is InChI=1S/C7H11N3O2/c8-7-5-3-12-4-6(5)9-10(7)1-2-11/h11H,1-4,8H2. The van der Waals surface area contributed by atoms with Crippen LogP contribution in [0.5, 0.6) is 0 Å². The van der Waals surface area contributed by atoms with E-state index in [0.29, 0.717) is 25.6 Å². The van der Waals surface area contributed by atoms with Gasteiger partial charge in [0.2, 0.25) is 0 Å². The molecule has 2 heterocycles. The van der Waals surface area contributed by atoms with E-state index in [1.165, 1.54) is 0 Å². The van der Waals surface area contributed by atoms with E-state index in [-0.39, 0.29) is 6.61 Å². The summed E-state index contributed by atoms with van der Waals surface area (Å²) in [4.78, 5) is 0. The highest BCUT2D eigenvalue weighted by Gasteiger charge is 2.20. The molecule has 2 rings (SSSR count). The van der Waals surface area contributed by atoms with Gasteiger partial charge in [-0.1, -0.05) is 0 Å². The maximum absolute atomic E-state index is 8.69. The van der Waals surface area contributed by atoms with Gasteiger partial charge in [-0.05, 0) is 0 Å². The maximum Gasteiger partial charge on any atom is 0.127 e. The van der Waals surface area contributed by atoms with Gasteiger partial charge in [0.25, 0.3) is 0 Å². The van der Waals surface area contributed by atoms with Gasteiger partial charge in [0.15, 0.2) is 0 Å². The molecule has 0 spiro atoms. The molecule has 0 amide bonds. The molecule has 1 aliphatic heterocycles. The fraction of sp³-hybridized carbons (Fsp3) is 0.571. The highest BCUT2D eigenvalue weighted by Crippen LogP contribution is 2.24. The van der Waals surface area contributed by atoms with Crippen molar-refractivity contribution in [2.45, 2.75) is 19.8 Å². The van der Waals surface area contributed by atoms with Crippen molar-refractivity contribution in [3.63, 3.8) is 0 Å². The van der Waals surface area contributed by atoms with Crippen molar-refractivity contribution in [2.24, 2.45) is 0 Å². The number of nitrogens with zero attached hydrogens (tertiary/aromatic N) is 2. The molecule has 3 N–H and O–H groups in total. The Balaban J connectivity index is 2.34. The molecule has 1 aromatic rings. The maximum atomic E-state index is 8.69. The van der Waals surface area contributed by atoms with E-state index in [1.54, 1.807) is 4.68 Å². The van der Waals surface area contributed by atoms with Gasteiger partial charge < -0.3 is 15.6 Å². The van der Waals surface area contributed by atoms with E-state index in [2.05, 4.69) is 5.10 Å². The van der Waals surface area contributed by atoms with Gasteiger partial charge in [-0.25, -0.2) is 4.68 Å². The Morgan fingerprint density at radius 3 is 3.08 bits per heavy atom. The summed E-state index contributed by atoms with van der Waals surface area (Å²) in [6.45, 7) is 1.61. The van der Waals surface area contributed by atoms with Crippen molar-refractivity contribution in [3.8, 4) is 0 Å². The molecule has 0 saturated heterocycles. The Hall–Kier alpha value is -1.07. The van der Waals surface area contributed by atoms with E-state index < -0.39 is 0 Å². The number of fused-ring (bicyclic) bond motifs is 1. The summed E-state index contributed by atoms with van der Waals surface area (Å²) < 4.78 is 6.77. The molecule has 1 aromatic heterocycles. The summed E-state index contributed by atoms with van der Waals surface area (Å²) in [6.07, 6.45) is 0. The van der Waals surface area contributed by atoms with E-state index in [1.807, 2.05) is 0 Å². The number of aliphatic hydroxyl groups is 1. The quantitative estimate of drug-likeness (QED) is 0.625. The molecular formula is C7H11N3O2. The molecule has 0 atom stereocenters. The van der Waals surface area contributed by atoms with Gasteiger partial charge in [0.05, 0.1) is 32.1 Å². The van der Waals surface area contributed by atoms with Crippen LogP contribution in [-0.2, 0) is 24.5 Å². The number of rotatable bonds is 2. The molecule has 0 bridgehead atoms. The summed E-state index contributed by atoms with van der Waals surface area (Å²) in [7, 11) is 0. The normalized spacial score (nSPS) is 15.1. The van der Waals surface area contributed by atoms with Gasteiger partial charge in [-0.3, -0.25) is 0 Å². The average Bonchev–Trinajstić information content (AvgIpc) is 2.58. The minimum Gasteiger partial charge on any atom is -0.394 e. The first kappa shape index (κ1) is 7.57. The average molecular weight is 169 g/mol. The number of aliphatic hydroxyl groups excluding tert-OH is 1. The molecule has 12 heavy (non-hydrogen) atoms. The van der Waals surface area contributed by atoms with E-state index in [9.17, 15) is 0 Å². The monoisotopic (exact) mass is 169 g/mol. The Labute approximate surface area is 69.7 Å². The van der Waals surface area contributed by atoms with Crippen molar-refractivity contribution >= 4 is 5.82 Å². The second-order valence-corrected chi connectivity index (χ2v) is 2.75. The van der Waals surface area contributed by atoms with Gasteiger partial charge >= 0.3 is 0 Å². The lowest BCUT2D eigenvalue weighted by Crippen LogP contribution is -2.09. The lowest BCUT2D eigenvalue weighted by atomic mass is 10.3. The summed E-state index contributed by atoms with van der Waals surface area (Å²) >= 11 is 0. The van der Waals surface area contributed by atoms with Crippen molar-refractivity contribution in [3.05, 3.63) is 11.3 Å². The molecule has 5 heteroatoms. The lowest BCUT2D eigenvalue weighted by Gasteiger charge is -2.01. The zero-order valence-electron chi connectivity index (χ0n) is 6.66. The topological polar surface area (TPSA) is 73.3 Å². The van der Waals surface area contributed by atoms with Crippen LogP contribution in [0, 0.1) is 0 Å².